The Morgan fingerprint density at radius 3 is 2.33 bits per heavy atom. The van der Waals surface area contributed by atoms with Gasteiger partial charge in [-0.2, -0.15) is 0 Å². The quantitative estimate of drug-likeness (QED) is 0.337. The topological polar surface area (TPSA) is 35.5 Å². The molecule has 0 bridgehead atoms. The van der Waals surface area contributed by atoms with Crippen molar-refractivity contribution in [2.75, 3.05) is 6.61 Å². The van der Waals surface area contributed by atoms with Gasteiger partial charge in [0.2, 0.25) is 6.29 Å². The summed E-state index contributed by atoms with van der Waals surface area (Å²) < 4.78 is 10.4. The summed E-state index contributed by atoms with van der Waals surface area (Å²) in [6.07, 6.45) is 6.53. The molecule has 90 valence electrons. The molecule has 0 heterocycles. The van der Waals surface area contributed by atoms with Gasteiger partial charge in [-0.15, -0.1) is 0 Å². The lowest BCUT2D eigenvalue weighted by Gasteiger charge is -2.16. The third-order valence-corrected chi connectivity index (χ3v) is 2.19. The van der Waals surface area contributed by atoms with Crippen LogP contribution < -0.4 is 0 Å². The summed E-state index contributed by atoms with van der Waals surface area (Å²) in [7, 11) is 0. The Hall–Kier alpha value is -0.570. The zero-order valence-corrected chi connectivity index (χ0v) is 10.3. The predicted molar refractivity (Wildman–Crippen MR) is 60.6 cm³/mol. The molecular weight excluding hydrogens is 192 g/mol. The van der Waals surface area contributed by atoms with Gasteiger partial charge in [-0.05, 0) is 13.3 Å². The number of ether oxygens (including phenoxy) is 2. The van der Waals surface area contributed by atoms with Crippen LogP contribution in [0.25, 0.3) is 0 Å². The van der Waals surface area contributed by atoms with E-state index in [1.54, 1.807) is 0 Å². The van der Waals surface area contributed by atoms with Crippen LogP contribution in [0, 0.1) is 0 Å². The van der Waals surface area contributed by atoms with E-state index < -0.39 is 0 Å². The van der Waals surface area contributed by atoms with E-state index in [1.165, 1.54) is 32.6 Å². The first-order chi connectivity index (χ1) is 7.20. The van der Waals surface area contributed by atoms with Crippen molar-refractivity contribution < 1.29 is 14.3 Å². The fraction of sp³-hybridized carbons (Fsp3) is 0.917. The first-order valence-electron chi connectivity index (χ1n) is 5.99. The van der Waals surface area contributed by atoms with Gasteiger partial charge < -0.3 is 9.47 Å². The van der Waals surface area contributed by atoms with Gasteiger partial charge >= 0.3 is 5.97 Å². The predicted octanol–water partition coefficient (Wildman–Crippen LogP) is 3.27. The van der Waals surface area contributed by atoms with Crippen molar-refractivity contribution in [2.45, 2.75) is 65.6 Å². The highest BCUT2D eigenvalue weighted by molar-refractivity contribution is 5.66. The molecular formula is C12H24O3. The molecule has 0 saturated heterocycles. The van der Waals surface area contributed by atoms with Gasteiger partial charge in [0.1, 0.15) is 0 Å². The fourth-order valence-corrected chi connectivity index (χ4v) is 1.46. The highest BCUT2D eigenvalue weighted by atomic mass is 16.7. The van der Waals surface area contributed by atoms with Gasteiger partial charge in [0.05, 0.1) is 0 Å². The normalized spacial score (nSPS) is 12.5. The smallest absolute Gasteiger partial charge is 0.304 e. The van der Waals surface area contributed by atoms with Crippen molar-refractivity contribution in [3.05, 3.63) is 0 Å². The van der Waals surface area contributed by atoms with Crippen molar-refractivity contribution in [3.63, 3.8) is 0 Å². The van der Waals surface area contributed by atoms with Crippen LogP contribution >= 0.6 is 0 Å². The summed E-state index contributed by atoms with van der Waals surface area (Å²) in [5.74, 6) is -0.262. The van der Waals surface area contributed by atoms with Crippen molar-refractivity contribution in [2.24, 2.45) is 0 Å². The Morgan fingerprint density at radius 2 is 1.80 bits per heavy atom. The van der Waals surface area contributed by atoms with Crippen LogP contribution in [0.2, 0.25) is 0 Å². The molecule has 0 aliphatic heterocycles. The van der Waals surface area contributed by atoms with E-state index in [4.69, 9.17) is 9.47 Å². The maximum Gasteiger partial charge on any atom is 0.304 e. The summed E-state index contributed by atoms with van der Waals surface area (Å²) in [5.41, 5.74) is 0. The van der Waals surface area contributed by atoms with Crippen LogP contribution in [0.1, 0.15) is 59.3 Å². The molecule has 0 aromatic rings. The Kier molecular flexibility index (Phi) is 9.59. The second-order valence-corrected chi connectivity index (χ2v) is 3.70. The minimum atomic E-state index is -0.339. The summed E-state index contributed by atoms with van der Waals surface area (Å²) in [4.78, 5) is 10.8. The van der Waals surface area contributed by atoms with Gasteiger partial charge in [0, 0.05) is 20.0 Å². The molecule has 0 aromatic carbocycles. The van der Waals surface area contributed by atoms with Crippen LogP contribution in [-0.2, 0) is 14.3 Å². The number of unbranched alkanes of at least 4 members (excludes halogenated alkanes) is 4. The lowest BCUT2D eigenvalue weighted by atomic mass is 10.1. The number of hydrogen-bond acceptors (Lipinski definition) is 3. The zero-order valence-electron chi connectivity index (χ0n) is 10.3. The summed E-state index contributed by atoms with van der Waals surface area (Å²) in [6, 6.07) is 0. The summed E-state index contributed by atoms with van der Waals surface area (Å²) >= 11 is 0. The molecule has 0 aliphatic rings. The first kappa shape index (κ1) is 14.4. The Balaban J connectivity index is 3.52. The molecule has 0 radical (unpaired) electrons. The van der Waals surface area contributed by atoms with Gasteiger partial charge in [0.25, 0.3) is 0 Å². The molecule has 0 amide bonds. The lowest BCUT2D eigenvalue weighted by molar-refractivity contribution is -0.176. The second-order valence-electron chi connectivity index (χ2n) is 3.70. The molecule has 0 rings (SSSR count). The Morgan fingerprint density at radius 1 is 1.13 bits per heavy atom. The van der Waals surface area contributed by atoms with Crippen LogP contribution in [0.3, 0.4) is 0 Å². The molecule has 3 nitrogen and oxygen atoms in total. The maximum atomic E-state index is 10.8. The molecule has 0 saturated carbocycles. The molecule has 0 N–H and O–H groups in total. The summed E-state index contributed by atoms with van der Waals surface area (Å²) in [6.45, 7) is 6.12. The van der Waals surface area contributed by atoms with Gasteiger partial charge in [-0.1, -0.05) is 32.6 Å². The number of carbonyl (C=O) groups excluding carboxylic acids is 1. The number of esters is 1. The third kappa shape index (κ3) is 9.73. The average Bonchev–Trinajstić information content (AvgIpc) is 2.17. The second kappa shape index (κ2) is 9.97. The number of rotatable bonds is 9. The molecule has 15 heavy (non-hydrogen) atoms. The van der Waals surface area contributed by atoms with E-state index in [1.807, 2.05) is 6.92 Å². The van der Waals surface area contributed by atoms with Crippen LogP contribution in [-0.4, -0.2) is 18.9 Å². The fourth-order valence-electron chi connectivity index (χ4n) is 1.46. The van der Waals surface area contributed by atoms with Crippen LogP contribution in [0.4, 0.5) is 0 Å². The van der Waals surface area contributed by atoms with E-state index >= 15 is 0 Å². The molecule has 1 unspecified atom stereocenters. The van der Waals surface area contributed by atoms with Gasteiger partial charge in [0.15, 0.2) is 0 Å². The third-order valence-electron chi connectivity index (χ3n) is 2.19. The van der Waals surface area contributed by atoms with Gasteiger partial charge in [-0.25, -0.2) is 0 Å². The molecule has 0 aromatic heterocycles. The standard InChI is InChI=1S/C12H24O3/c1-4-6-7-8-9-10-12(14-5-2)15-11(3)13/h12H,4-10H2,1-3H3. The Labute approximate surface area is 93.1 Å². The minimum absolute atomic E-state index is 0.262. The zero-order chi connectivity index (χ0) is 11.5. The first-order valence-corrected chi connectivity index (χ1v) is 5.99. The monoisotopic (exact) mass is 216 g/mol. The van der Waals surface area contributed by atoms with Crippen LogP contribution in [0.15, 0.2) is 0 Å². The molecule has 1 atom stereocenters. The van der Waals surface area contributed by atoms with E-state index in [-0.39, 0.29) is 12.3 Å². The molecule has 0 spiro atoms. The van der Waals surface area contributed by atoms with E-state index in [9.17, 15) is 4.79 Å². The highest BCUT2D eigenvalue weighted by Gasteiger charge is 2.10. The largest absolute Gasteiger partial charge is 0.436 e. The number of carbonyl (C=O) groups is 1. The highest BCUT2D eigenvalue weighted by Crippen LogP contribution is 2.10. The van der Waals surface area contributed by atoms with Crippen LogP contribution in [0.5, 0.6) is 0 Å². The van der Waals surface area contributed by atoms with E-state index in [0.29, 0.717) is 6.61 Å². The van der Waals surface area contributed by atoms with Gasteiger partial charge in [-0.3, -0.25) is 4.79 Å². The lowest BCUT2D eigenvalue weighted by Crippen LogP contribution is -2.19. The molecule has 3 heteroatoms. The average molecular weight is 216 g/mol. The van der Waals surface area contributed by atoms with Crippen molar-refractivity contribution in [1.82, 2.24) is 0 Å². The Bertz CT molecular complexity index is 157. The maximum absolute atomic E-state index is 10.8. The van der Waals surface area contributed by atoms with E-state index in [0.717, 1.165) is 12.8 Å². The molecule has 0 aliphatic carbocycles. The van der Waals surface area contributed by atoms with E-state index in [2.05, 4.69) is 6.92 Å². The van der Waals surface area contributed by atoms with Crippen molar-refractivity contribution in [1.29, 1.82) is 0 Å². The van der Waals surface area contributed by atoms with Crippen molar-refractivity contribution in [3.8, 4) is 0 Å². The number of hydrogen-bond donors (Lipinski definition) is 0. The summed E-state index contributed by atoms with van der Waals surface area (Å²) in [5, 5.41) is 0. The SMILES string of the molecule is CCCCCCCC(OCC)OC(C)=O. The minimum Gasteiger partial charge on any atom is -0.436 e. The molecule has 0 fully saturated rings. The van der Waals surface area contributed by atoms with Crippen molar-refractivity contribution >= 4 is 5.97 Å².